The third-order valence-corrected chi connectivity index (χ3v) is 4.47. The molecule has 1 heterocycles. The molecule has 106 valence electrons. The van der Waals surface area contributed by atoms with E-state index in [1.165, 1.54) is 13.2 Å². The van der Waals surface area contributed by atoms with E-state index in [1.807, 2.05) is 0 Å². The molecule has 0 spiro atoms. The van der Waals surface area contributed by atoms with Crippen molar-refractivity contribution in [2.75, 3.05) is 11.8 Å². The Kier molecular flexibility index (Phi) is 4.15. The highest BCUT2D eigenvalue weighted by molar-refractivity contribution is 9.10. The highest BCUT2D eigenvalue weighted by Gasteiger charge is 2.14. The molecule has 0 saturated heterocycles. The Bertz CT molecular complexity index is 766. The smallest absolute Gasteiger partial charge is 0.263 e. The molecule has 0 radical (unpaired) electrons. The van der Waals surface area contributed by atoms with Gasteiger partial charge in [-0.1, -0.05) is 0 Å². The number of benzene rings is 1. The Morgan fingerprint density at radius 2 is 2.00 bits per heavy atom. The van der Waals surface area contributed by atoms with E-state index >= 15 is 0 Å². The molecule has 1 aromatic heterocycles. The van der Waals surface area contributed by atoms with Crippen molar-refractivity contribution in [2.24, 2.45) is 0 Å². The van der Waals surface area contributed by atoms with Crippen molar-refractivity contribution >= 4 is 31.6 Å². The van der Waals surface area contributed by atoms with Crippen LogP contribution >= 0.6 is 15.9 Å². The quantitative estimate of drug-likeness (QED) is 0.873. The van der Waals surface area contributed by atoms with E-state index in [0.717, 1.165) is 12.3 Å². The van der Waals surface area contributed by atoms with Crippen LogP contribution in [0.25, 0.3) is 0 Å². The first-order valence-corrected chi connectivity index (χ1v) is 7.75. The van der Waals surface area contributed by atoms with E-state index in [1.54, 1.807) is 18.2 Å². The monoisotopic (exact) mass is 358 g/mol. The zero-order valence-electron chi connectivity index (χ0n) is 10.4. The van der Waals surface area contributed by atoms with Gasteiger partial charge in [0.2, 0.25) is 5.56 Å². The van der Waals surface area contributed by atoms with Crippen LogP contribution in [0.3, 0.4) is 0 Å². The van der Waals surface area contributed by atoms with Crippen LogP contribution in [-0.4, -0.2) is 20.5 Å². The van der Waals surface area contributed by atoms with E-state index in [9.17, 15) is 13.2 Å². The summed E-state index contributed by atoms with van der Waals surface area (Å²) < 4.78 is 32.3. The molecule has 20 heavy (non-hydrogen) atoms. The Hall–Kier alpha value is -1.80. The van der Waals surface area contributed by atoms with Crippen LogP contribution in [0, 0.1) is 0 Å². The van der Waals surface area contributed by atoms with Crippen molar-refractivity contribution in [2.45, 2.75) is 4.90 Å². The summed E-state index contributed by atoms with van der Waals surface area (Å²) >= 11 is 3.27. The maximum Gasteiger partial charge on any atom is 0.263 e. The summed E-state index contributed by atoms with van der Waals surface area (Å²) in [7, 11) is -2.23. The molecule has 8 heteroatoms. The van der Waals surface area contributed by atoms with Crippen molar-refractivity contribution in [3.05, 3.63) is 51.4 Å². The maximum atomic E-state index is 12.1. The first kappa shape index (κ1) is 14.6. The topological polar surface area (TPSA) is 88.3 Å². The van der Waals surface area contributed by atoms with Gasteiger partial charge in [-0.3, -0.25) is 9.52 Å². The van der Waals surface area contributed by atoms with Crippen LogP contribution < -0.4 is 15.0 Å². The molecule has 0 aliphatic rings. The predicted molar refractivity (Wildman–Crippen MR) is 78.6 cm³/mol. The SMILES string of the molecule is COc1ccc(NS(=O)(=O)c2ccc(=O)[nH]c2)cc1Br. The number of rotatable bonds is 4. The molecule has 1 aromatic carbocycles. The normalized spacial score (nSPS) is 11.1. The molecule has 6 nitrogen and oxygen atoms in total. The van der Waals surface area contributed by atoms with Crippen LogP contribution in [0.15, 0.2) is 50.7 Å². The third kappa shape index (κ3) is 3.20. The van der Waals surface area contributed by atoms with E-state index in [2.05, 4.69) is 25.6 Å². The van der Waals surface area contributed by atoms with Crippen molar-refractivity contribution in [1.29, 1.82) is 0 Å². The molecule has 0 saturated carbocycles. The molecular weight excluding hydrogens is 348 g/mol. The second-order valence-electron chi connectivity index (χ2n) is 3.84. The number of H-pyrrole nitrogens is 1. The second-order valence-corrected chi connectivity index (χ2v) is 6.38. The predicted octanol–water partition coefficient (Wildman–Crippen LogP) is 1.95. The van der Waals surface area contributed by atoms with Crippen molar-refractivity contribution in [1.82, 2.24) is 4.98 Å². The van der Waals surface area contributed by atoms with Gasteiger partial charge >= 0.3 is 0 Å². The molecule has 0 unspecified atom stereocenters. The number of sulfonamides is 1. The molecule has 2 rings (SSSR count). The van der Waals surface area contributed by atoms with Gasteiger partial charge < -0.3 is 9.72 Å². The largest absolute Gasteiger partial charge is 0.496 e. The fraction of sp³-hybridized carbons (Fsp3) is 0.0833. The number of hydrogen-bond acceptors (Lipinski definition) is 4. The van der Waals surface area contributed by atoms with Gasteiger partial charge in [0.25, 0.3) is 10.0 Å². The molecule has 0 fully saturated rings. The number of anilines is 1. The van der Waals surface area contributed by atoms with Gasteiger partial charge in [0.05, 0.1) is 17.3 Å². The molecule has 0 amide bonds. The molecule has 0 aliphatic carbocycles. The molecule has 0 bridgehead atoms. The number of methoxy groups -OCH3 is 1. The van der Waals surface area contributed by atoms with Crippen LogP contribution in [-0.2, 0) is 10.0 Å². The molecule has 0 aliphatic heterocycles. The van der Waals surface area contributed by atoms with Crippen molar-refractivity contribution < 1.29 is 13.2 Å². The van der Waals surface area contributed by atoms with Gasteiger partial charge in [-0.25, -0.2) is 8.42 Å². The Labute approximate surface area is 124 Å². The number of hydrogen-bond donors (Lipinski definition) is 2. The third-order valence-electron chi connectivity index (χ3n) is 2.47. The van der Waals surface area contributed by atoms with Crippen molar-refractivity contribution in [3.8, 4) is 5.75 Å². The average molecular weight is 359 g/mol. The van der Waals surface area contributed by atoms with Gasteiger partial charge in [0.1, 0.15) is 10.6 Å². The lowest BCUT2D eigenvalue weighted by atomic mass is 10.3. The molecule has 2 aromatic rings. The van der Waals surface area contributed by atoms with Crippen LogP contribution in [0.5, 0.6) is 5.75 Å². The number of halogens is 1. The van der Waals surface area contributed by atoms with Gasteiger partial charge in [0, 0.05) is 12.3 Å². The summed E-state index contributed by atoms with van der Waals surface area (Å²) in [5, 5.41) is 0. The zero-order chi connectivity index (χ0) is 14.8. The minimum Gasteiger partial charge on any atom is -0.496 e. The number of pyridine rings is 1. The van der Waals surface area contributed by atoms with E-state index in [0.29, 0.717) is 15.9 Å². The van der Waals surface area contributed by atoms with Crippen molar-refractivity contribution in [3.63, 3.8) is 0 Å². The summed E-state index contributed by atoms with van der Waals surface area (Å²) in [5.41, 5.74) is 0.0139. The first-order valence-electron chi connectivity index (χ1n) is 5.47. The average Bonchev–Trinajstić information content (AvgIpc) is 2.39. The summed E-state index contributed by atoms with van der Waals surface area (Å²) in [6.45, 7) is 0. The lowest BCUT2D eigenvalue weighted by molar-refractivity contribution is 0.412. The summed E-state index contributed by atoms with van der Waals surface area (Å²) in [6, 6.07) is 7.18. The second kappa shape index (κ2) is 5.68. The fourth-order valence-corrected chi connectivity index (χ4v) is 3.06. The summed E-state index contributed by atoms with van der Waals surface area (Å²) in [6.07, 6.45) is 1.14. The van der Waals surface area contributed by atoms with Crippen LogP contribution in [0.4, 0.5) is 5.69 Å². The minimum absolute atomic E-state index is 0.0240. The maximum absolute atomic E-state index is 12.1. The number of ether oxygens (including phenoxy) is 1. The fourth-order valence-electron chi connectivity index (χ4n) is 1.51. The van der Waals surface area contributed by atoms with E-state index in [-0.39, 0.29) is 10.5 Å². The number of nitrogens with one attached hydrogen (secondary N) is 2. The van der Waals surface area contributed by atoms with Crippen LogP contribution in [0.1, 0.15) is 0 Å². The van der Waals surface area contributed by atoms with Crippen LogP contribution in [0.2, 0.25) is 0 Å². The van der Waals surface area contributed by atoms with Gasteiger partial charge in [-0.05, 0) is 40.2 Å². The summed E-state index contributed by atoms with van der Waals surface area (Å²) in [5.74, 6) is 0.594. The van der Waals surface area contributed by atoms with E-state index < -0.39 is 10.0 Å². The van der Waals surface area contributed by atoms with Gasteiger partial charge in [-0.2, -0.15) is 0 Å². The number of aromatic nitrogens is 1. The first-order chi connectivity index (χ1) is 9.42. The Balaban J connectivity index is 2.30. The number of aromatic amines is 1. The standard InChI is InChI=1S/C12H11BrN2O4S/c1-19-11-4-2-8(6-10(11)13)15-20(17,18)9-3-5-12(16)14-7-9/h2-7,15H,1H3,(H,14,16). The summed E-state index contributed by atoms with van der Waals surface area (Å²) in [4.78, 5) is 13.2. The molecule has 0 atom stereocenters. The zero-order valence-corrected chi connectivity index (χ0v) is 12.8. The minimum atomic E-state index is -3.75. The Morgan fingerprint density at radius 3 is 2.55 bits per heavy atom. The Morgan fingerprint density at radius 1 is 1.25 bits per heavy atom. The lowest BCUT2D eigenvalue weighted by Gasteiger charge is -2.09. The molecule has 2 N–H and O–H groups in total. The molecular formula is C12H11BrN2O4S. The van der Waals surface area contributed by atoms with Gasteiger partial charge in [0.15, 0.2) is 0 Å². The highest BCUT2D eigenvalue weighted by Crippen LogP contribution is 2.28. The van der Waals surface area contributed by atoms with E-state index in [4.69, 9.17) is 4.74 Å². The van der Waals surface area contributed by atoms with Gasteiger partial charge in [-0.15, -0.1) is 0 Å². The lowest BCUT2D eigenvalue weighted by Crippen LogP contribution is -2.15. The highest BCUT2D eigenvalue weighted by atomic mass is 79.9.